The topological polar surface area (TPSA) is 50.3 Å². The van der Waals surface area contributed by atoms with E-state index >= 15 is 0 Å². The third kappa shape index (κ3) is 3.10. The number of nitrogens with one attached hydrogen (secondary N) is 1. The van der Waals surface area contributed by atoms with E-state index < -0.39 is 0 Å². The van der Waals surface area contributed by atoms with E-state index in [2.05, 4.69) is 15.5 Å². The molecule has 1 aromatic heterocycles. The number of hydrogen-bond donors (Lipinski definition) is 1. The van der Waals surface area contributed by atoms with E-state index in [9.17, 15) is 0 Å². The summed E-state index contributed by atoms with van der Waals surface area (Å²) in [4.78, 5) is 2.04. The van der Waals surface area contributed by atoms with Crippen molar-refractivity contribution < 1.29 is 4.74 Å². The van der Waals surface area contributed by atoms with Crippen LogP contribution in [0.2, 0.25) is 0 Å². The lowest BCUT2D eigenvalue weighted by Crippen LogP contribution is -2.08. The van der Waals surface area contributed by atoms with Crippen molar-refractivity contribution in [3.8, 4) is 5.75 Å². The molecule has 0 aliphatic heterocycles. The summed E-state index contributed by atoms with van der Waals surface area (Å²) in [5.74, 6) is 0.836. The minimum absolute atomic E-state index is 0.441. The van der Waals surface area contributed by atoms with Crippen LogP contribution >= 0.6 is 11.3 Å². The number of ether oxygens (including phenoxy) is 1. The van der Waals surface area contributed by atoms with Gasteiger partial charge in [0.2, 0.25) is 5.13 Å². The molecule has 1 heterocycles. The number of nitrogens with zero attached hydrogens (tertiary/aromatic N) is 3. The lowest BCUT2D eigenvalue weighted by molar-refractivity contribution is 0.304. The molecule has 0 amide bonds. The monoisotopic (exact) mass is 264 g/mol. The van der Waals surface area contributed by atoms with Crippen LogP contribution in [0.5, 0.6) is 5.75 Å². The second kappa shape index (κ2) is 5.68. The van der Waals surface area contributed by atoms with Crippen molar-refractivity contribution in [2.45, 2.75) is 6.61 Å². The Kier molecular flexibility index (Phi) is 3.99. The van der Waals surface area contributed by atoms with Gasteiger partial charge in [-0.25, -0.2) is 0 Å². The lowest BCUT2D eigenvalue weighted by atomic mass is 10.3. The number of rotatable bonds is 5. The zero-order valence-corrected chi connectivity index (χ0v) is 11.5. The zero-order valence-electron chi connectivity index (χ0n) is 10.7. The van der Waals surface area contributed by atoms with Gasteiger partial charge in [0, 0.05) is 32.9 Å². The Hall–Kier alpha value is -1.82. The fourth-order valence-electron chi connectivity index (χ4n) is 1.41. The highest BCUT2D eigenvalue weighted by molar-refractivity contribution is 7.15. The van der Waals surface area contributed by atoms with E-state index in [-0.39, 0.29) is 0 Å². The van der Waals surface area contributed by atoms with Crippen molar-refractivity contribution in [1.29, 1.82) is 0 Å². The normalized spacial score (nSPS) is 10.2. The Balaban J connectivity index is 1.99. The Morgan fingerprint density at radius 3 is 2.83 bits per heavy atom. The van der Waals surface area contributed by atoms with Crippen LogP contribution in [0, 0.1) is 0 Å². The molecule has 1 aromatic carbocycles. The molecule has 0 radical (unpaired) electrons. The van der Waals surface area contributed by atoms with E-state index in [1.807, 2.05) is 50.3 Å². The standard InChI is InChI=1S/C12H16N4OS/c1-13-12-15-14-11(18-12)8-17-10-6-4-5-9(7-10)16(2)3/h4-7H,8H2,1-3H3,(H,13,15). The maximum atomic E-state index is 5.69. The summed E-state index contributed by atoms with van der Waals surface area (Å²) in [5, 5.41) is 12.6. The van der Waals surface area contributed by atoms with Gasteiger partial charge in [0.15, 0.2) is 5.01 Å². The minimum Gasteiger partial charge on any atom is -0.486 e. The molecule has 0 aliphatic carbocycles. The van der Waals surface area contributed by atoms with E-state index in [1.165, 1.54) is 11.3 Å². The molecule has 18 heavy (non-hydrogen) atoms. The fourth-order valence-corrected chi connectivity index (χ4v) is 2.02. The Morgan fingerprint density at radius 2 is 2.17 bits per heavy atom. The first-order valence-electron chi connectivity index (χ1n) is 5.59. The third-order valence-corrected chi connectivity index (χ3v) is 3.29. The summed E-state index contributed by atoms with van der Waals surface area (Å²) in [6.07, 6.45) is 0. The summed E-state index contributed by atoms with van der Waals surface area (Å²) in [5.41, 5.74) is 1.11. The van der Waals surface area contributed by atoms with Crippen molar-refractivity contribution in [3.05, 3.63) is 29.3 Å². The van der Waals surface area contributed by atoms with E-state index in [4.69, 9.17) is 4.74 Å². The summed E-state index contributed by atoms with van der Waals surface area (Å²) in [6, 6.07) is 7.95. The smallest absolute Gasteiger partial charge is 0.205 e. The predicted octanol–water partition coefficient (Wildman–Crippen LogP) is 2.22. The number of hydrogen-bond acceptors (Lipinski definition) is 6. The van der Waals surface area contributed by atoms with Gasteiger partial charge in [-0.15, -0.1) is 10.2 Å². The predicted molar refractivity (Wildman–Crippen MR) is 74.6 cm³/mol. The molecule has 0 saturated heterocycles. The van der Waals surface area contributed by atoms with Crippen LogP contribution in [0.15, 0.2) is 24.3 Å². The first-order valence-corrected chi connectivity index (χ1v) is 6.41. The fraction of sp³-hybridized carbons (Fsp3) is 0.333. The molecule has 0 aliphatic rings. The van der Waals surface area contributed by atoms with Crippen LogP contribution in [0.25, 0.3) is 0 Å². The summed E-state index contributed by atoms with van der Waals surface area (Å²) >= 11 is 1.49. The Morgan fingerprint density at radius 1 is 1.33 bits per heavy atom. The van der Waals surface area contributed by atoms with Crippen molar-refractivity contribution in [1.82, 2.24) is 10.2 Å². The molecule has 0 unspecified atom stereocenters. The Labute approximate surface area is 110 Å². The van der Waals surface area contributed by atoms with Gasteiger partial charge < -0.3 is 15.0 Å². The van der Waals surface area contributed by atoms with Gasteiger partial charge in [0.05, 0.1) is 0 Å². The molecule has 0 atom stereocenters. The quantitative estimate of drug-likeness (QED) is 0.897. The van der Waals surface area contributed by atoms with Crippen LogP contribution < -0.4 is 15.0 Å². The maximum Gasteiger partial charge on any atom is 0.205 e. The van der Waals surface area contributed by atoms with Crippen molar-refractivity contribution in [2.24, 2.45) is 0 Å². The molecule has 5 nitrogen and oxygen atoms in total. The van der Waals surface area contributed by atoms with Crippen LogP contribution in [0.3, 0.4) is 0 Å². The first-order chi connectivity index (χ1) is 8.69. The summed E-state index contributed by atoms with van der Waals surface area (Å²) in [7, 11) is 5.83. The van der Waals surface area contributed by atoms with Crippen molar-refractivity contribution in [3.63, 3.8) is 0 Å². The summed E-state index contributed by atoms with van der Waals surface area (Å²) < 4.78 is 5.69. The molecule has 0 bridgehead atoms. The van der Waals surface area contributed by atoms with E-state index in [1.54, 1.807) is 0 Å². The summed E-state index contributed by atoms with van der Waals surface area (Å²) in [6.45, 7) is 0.441. The largest absolute Gasteiger partial charge is 0.486 e. The van der Waals surface area contributed by atoms with Crippen LogP contribution in [-0.2, 0) is 6.61 Å². The number of aromatic nitrogens is 2. The third-order valence-electron chi connectivity index (χ3n) is 2.38. The number of anilines is 2. The van der Waals surface area contributed by atoms with Gasteiger partial charge >= 0.3 is 0 Å². The first kappa shape index (κ1) is 12.6. The van der Waals surface area contributed by atoms with Crippen molar-refractivity contribution in [2.75, 3.05) is 31.4 Å². The second-order valence-electron chi connectivity index (χ2n) is 3.93. The van der Waals surface area contributed by atoms with Gasteiger partial charge in [-0.3, -0.25) is 0 Å². The van der Waals surface area contributed by atoms with Crippen LogP contribution in [-0.4, -0.2) is 31.3 Å². The van der Waals surface area contributed by atoms with Gasteiger partial charge in [0.25, 0.3) is 0 Å². The highest BCUT2D eigenvalue weighted by atomic mass is 32.1. The average molecular weight is 264 g/mol. The molecule has 0 fully saturated rings. The Bertz CT molecular complexity index is 512. The molecule has 2 rings (SSSR count). The van der Waals surface area contributed by atoms with Crippen LogP contribution in [0.4, 0.5) is 10.8 Å². The highest BCUT2D eigenvalue weighted by Gasteiger charge is 2.04. The van der Waals surface area contributed by atoms with Crippen molar-refractivity contribution >= 4 is 22.2 Å². The molecule has 1 N–H and O–H groups in total. The molecule has 6 heteroatoms. The van der Waals surface area contributed by atoms with Gasteiger partial charge in [0.1, 0.15) is 12.4 Å². The lowest BCUT2D eigenvalue weighted by Gasteiger charge is -2.13. The molecule has 0 saturated carbocycles. The SMILES string of the molecule is CNc1nnc(COc2cccc(N(C)C)c2)s1. The van der Waals surface area contributed by atoms with E-state index in [0.717, 1.165) is 21.6 Å². The molecule has 0 spiro atoms. The zero-order chi connectivity index (χ0) is 13.0. The maximum absolute atomic E-state index is 5.69. The van der Waals surface area contributed by atoms with E-state index in [0.29, 0.717) is 6.61 Å². The highest BCUT2D eigenvalue weighted by Crippen LogP contribution is 2.21. The van der Waals surface area contributed by atoms with Gasteiger partial charge in [-0.2, -0.15) is 0 Å². The molecular weight excluding hydrogens is 248 g/mol. The molecular formula is C12H16N4OS. The average Bonchev–Trinajstić information content (AvgIpc) is 2.84. The minimum atomic E-state index is 0.441. The van der Waals surface area contributed by atoms with Gasteiger partial charge in [-0.1, -0.05) is 17.4 Å². The van der Waals surface area contributed by atoms with Gasteiger partial charge in [-0.05, 0) is 12.1 Å². The number of benzene rings is 1. The second-order valence-corrected chi connectivity index (χ2v) is 4.99. The molecule has 96 valence electrons. The van der Waals surface area contributed by atoms with Crippen LogP contribution in [0.1, 0.15) is 5.01 Å². The molecule has 2 aromatic rings.